The summed E-state index contributed by atoms with van der Waals surface area (Å²) in [6, 6.07) is 6.28. The van der Waals surface area contributed by atoms with Crippen LogP contribution in [0.3, 0.4) is 0 Å². The first kappa shape index (κ1) is 15.1. The number of rotatable bonds is 6. The van der Waals surface area contributed by atoms with Crippen molar-refractivity contribution >= 4 is 17.3 Å². The van der Waals surface area contributed by atoms with Gasteiger partial charge in [0.15, 0.2) is 0 Å². The standard InChI is InChI=1S/C13H19N3O3/c1-10(2)14-9-8-13(17)15(3)11-4-6-12(7-5-11)16(18)19/h4-7,10,14H,8-9H2,1-3H3. The van der Waals surface area contributed by atoms with Crippen molar-refractivity contribution in [1.82, 2.24) is 5.32 Å². The van der Waals surface area contributed by atoms with Gasteiger partial charge in [-0.2, -0.15) is 0 Å². The lowest BCUT2D eigenvalue weighted by Crippen LogP contribution is -2.31. The smallest absolute Gasteiger partial charge is 0.269 e. The third kappa shape index (κ3) is 4.67. The Morgan fingerprint density at radius 3 is 2.42 bits per heavy atom. The van der Waals surface area contributed by atoms with Gasteiger partial charge in [-0.05, 0) is 12.1 Å². The van der Waals surface area contributed by atoms with Gasteiger partial charge >= 0.3 is 0 Å². The maximum Gasteiger partial charge on any atom is 0.269 e. The number of hydrogen-bond donors (Lipinski definition) is 1. The highest BCUT2D eigenvalue weighted by atomic mass is 16.6. The highest BCUT2D eigenvalue weighted by Gasteiger charge is 2.12. The number of benzene rings is 1. The lowest BCUT2D eigenvalue weighted by atomic mass is 10.2. The molecule has 0 radical (unpaired) electrons. The van der Waals surface area contributed by atoms with Crippen molar-refractivity contribution in [2.45, 2.75) is 26.3 Å². The zero-order valence-corrected chi connectivity index (χ0v) is 11.4. The topological polar surface area (TPSA) is 75.5 Å². The average molecular weight is 265 g/mol. The molecule has 1 aromatic carbocycles. The van der Waals surface area contributed by atoms with Crippen LogP contribution in [-0.4, -0.2) is 30.5 Å². The van der Waals surface area contributed by atoms with E-state index in [1.54, 1.807) is 19.2 Å². The van der Waals surface area contributed by atoms with Crippen LogP contribution in [0.25, 0.3) is 0 Å². The van der Waals surface area contributed by atoms with Crippen LogP contribution in [0.4, 0.5) is 11.4 Å². The predicted octanol–water partition coefficient (Wildman–Crippen LogP) is 1.95. The zero-order chi connectivity index (χ0) is 14.4. The molecule has 0 atom stereocenters. The predicted molar refractivity (Wildman–Crippen MR) is 74.3 cm³/mol. The molecule has 0 aromatic heterocycles. The summed E-state index contributed by atoms with van der Waals surface area (Å²) in [5.41, 5.74) is 0.672. The Kier molecular flexibility index (Phi) is 5.44. The number of anilines is 1. The highest BCUT2D eigenvalue weighted by Crippen LogP contribution is 2.18. The van der Waals surface area contributed by atoms with Gasteiger partial charge in [0.1, 0.15) is 0 Å². The van der Waals surface area contributed by atoms with Crippen LogP contribution < -0.4 is 10.2 Å². The molecule has 0 bridgehead atoms. The Hall–Kier alpha value is -1.95. The zero-order valence-electron chi connectivity index (χ0n) is 11.4. The Bertz CT molecular complexity index is 443. The van der Waals surface area contributed by atoms with Crippen LogP contribution in [0, 0.1) is 10.1 Å². The summed E-state index contributed by atoms with van der Waals surface area (Å²) in [6.07, 6.45) is 0.395. The van der Waals surface area contributed by atoms with Gasteiger partial charge < -0.3 is 10.2 Å². The van der Waals surface area contributed by atoms with Crippen LogP contribution in [0.5, 0.6) is 0 Å². The van der Waals surface area contributed by atoms with E-state index >= 15 is 0 Å². The summed E-state index contributed by atoms with van der Waals surface area (Å²) in [6.45, 7) is 4.66. The largest absolute Gasteiger partial charge is 0.315 e. The minimum Gasteiger partial charge on any atom is -0.315 e. The first-order chi connectivity index (χ1) is 8.91. The normalized spacial score (nSPS) is 10.5. The van der Waals surface area contributed by atoms with E-state index in [2.05, 4.69) is 5.32 Å². The van der Waals surface area contributed by atoms with E-state index in [-0.39, 0.29) is 11.6 Å². The number of nitro groups is 1. The van der Waals surface area contributed by atoms with Crippen molar-refractivity contribution in [3.05, 3.63) is 34.4 Å². The molecule has 0 unspecified atom stereocenters. The van der Waals surface area contributed by atoms with Crippen molar-refractivity contribution < 1.29 is 9.72 Å². The van der Waals surface area contributed by atoms with E-state index in [1.165, 1.54) is 17.0 Å². The Balaban J connectivity index is 2.58. The molecule has 104 valence electrons. The van der Waals surface area contributed by atoms with Gasteiger partial charge in [-0.15, -0.1) is 0 Å². The number of nitrogens with zero attached hydrogens (tertiary/aromatic N) is 2. The second-order valence-corrected chi connectivity index (χ2v) is 4.59. The molecule has 19 heavy (non-hydrogen) atoms. The van der Waals surface area contributed by atoms with Gasteiger partial charge in [0.05, 0.1) is 4.92 Å². The van der Waals surface area contributed by atoms with Crippen molar-refractivity contribution in [1.29, 1.82) is 0 Å². The molecule has 0 saturated heterocycles. The lowest BCUT2D eigenvalue weighted by Gasteiger charge is -2.17. The quantitative estimate of drug-likeness (QED) is 0.630. The summed E-state index contributed by atoms with van der Waals surface area (Å²) in [5, 5.41) is 13.7. The van der Waals surface area contributed by atoms with Gasteiger partial charge in [-0.1, -0.05) is 13.8 Å². The molecule has 6 heteroatoms. The van der Waals surface area contributed by atoms with Gasteiger partial charge in [0.2, 0.25) is 5.91 Å². The van der Waals surface area contributed by atoms with E-state index in [9.17, 15) is 14.9 Å². The van der Waals surface area contributed by atoms with Crippen molar-refractivity contribution in [3.63, 3.8) is 0 Å². The summed E-state index contributed by atoms with van der Waals surface area (Å²) in [5.74, 6) is -0.0259. The van der Waals surface area contributed by atoms with E-state index in [1.807, 2.05) is 13.8 Å². The first-order valence-electron chi connectivity index (χ1n) is 6.16. The molecule has 1 aromatic rings. The summed E-state index contributed by atoms with van der Waals surface area (Å²) < 4.78 is 0. The maximum absolute atomic E-state index is 11.9. The number of carbonyl (C=O) groups excluding carboxylic acids is 1. The third-order valence-corrected chi connectivity index (χ3v) is 2.71. The molecular formula is C13H19N3O3. The average Bonchev–Trinajstić information content (AvgIpc) is 2.37. The van der Waals surface area contributed by atoms with Crippen molar-refractivity contribution in [2.75, 3.05) is 18.5 Å². The number of carbonyl (C=O) groups is 1. The molecule has 1 N–H and O–H groups in total. The van der Waals surface area contributed by atoms with E-state index in [4.69, 9.17) is 0 Å². The molecule has 0 saturated carbocycles. The van der Waals surface area contributed by atoms with E-state index < -0.39 is 4.92 Å². The first-order valence-corrected chi connectivity index (χ1v) is 6.16. The fourth-order valence-corrected chi connectivity index (χ4v) is 1.58. The van der Waals surface area contributed by atoms with Crippen LogP contribution in [0.1, 0.15) is 20.3 Å². The van der Waals surface area contributed by atoms with Crippen LogP contribution in [0.2, 0.25) is 0 Å². The van der Waals surface area contributed by atoms with E-state index in [0.29, 0.717) is 24.7 Å². The lowest BCUT2D eigenvalue weighted by molar-refractivity contribution is -0.384. The van der Waals surface area contributed by atoms with Gasteiger partial charge in [0, 0.05) is 43.9 Å². The van der Waals surface area contributed by atoms with Gasteiger partial charge in [-0.25, -0.2) is 0 Å². The maximum atomic E-state index is 11.9. The minimum absolute atomic E-state index is 0.0195. The molecule has 1 rings (SSSR count). The molecule has 1 amide bonds. The molecule has 0 aliphatic rings. The third-order valence-electron chi connectivity index (χ3n) is 2.71. The molecule has 0 spiro atoms. The molecule has 0 aliphatic heterocycles. The van der Waals surface area contributed by atoms with Gasteiger partial charge in [0.25, 0.3) is 5.69 Å². The number of nitro benzene ring substituents is 1. The van der Waals surface area contributed by atoms with Crippen LogP contribution in [-0.2, 0) is 4.79 Å². The molecular weight excluding hydrogens is 246 g/mol. The summed E-state index contributed by atoms with van der Waals surface area (Å²) in [7, 11) is 1.67. The molecule has 0 fully saturated rings. The van der Waals surface area contributed by atoms with Crippen LogP contribution >= 0.6 is 0 Å². The number of non-ortho nitro benzene ring substituents is 1. The fourth-order valence-electron chi connectivity index (χ4n) is 1.58. The molecule has 0 aliphatic carbocycles. The number of amides is 1. The molecule has 6 nitrogen and oxygen atoms in total. The SMILES string of the molecule is CC(C)NCCC(=O)N(C)c1ccc([N+](=O)[O-])cc1. The summed E-state index contributed by atoms with van der Waals surface area (Å²) in [4.78, 5) is 23.5. The Morgan fingerprint density at radius 1 is 1.37 bits per heavy atom. The Labute approximate surface area is 112 Å². The Morgan fingerprint density at radius 2 is 1.95 bits per heavy atom. The number of nitrogens with one attached hydrogen (secondary N) is 1. The second kappa shape index (κ2) is 6.84. The highest BCUT2D eigenvalue weighted by molar-refractivity contribution is 5.92. The monoisotopic (exact) mass is 265 g/mol. The van der Waals surface area contributed by atoms with Crippen molar-refractivity contribution in [3.8, 4) is 0 Å². The summed E-state index contributed by atoms with van der Waals surface area (Å²) >= 11 is 0. The number of hydrogen-bond acceptors (Lipinski definition) is 4. The van der Waals surface area contributed by atoms with Gasteiger partial charge in [-0.3, -0.25) is 14.9 Å². The minimum atomic E-state index is -0.460. The van der Waals surface area contributed by atoms with E-state index in [0.717, 1.165) is 0 Å². The van der Waals surface area contributed by atoms with Crippen molar-refractivity contribution in [2.24, 2.45) is 0 Å². The van der Waals surface area contributed by atoms with Crippen LogP contribution in [0.15, 0.2) is 24.3 Å². The second-order valence-electron chi connectivity index (χ2n) is 4.59. The molecule has 0 heterocycles. The fraction of sp³-hybridized carbons (Fsp3) is 0.462.